The van der Waals surface area contributed by atoms with E-state index in [2.05, 4.69) is 5.43 Å². The maximum absolute atomic E-state index is 11.5. The van der Waals surface area contributed by atoms with Crippen LogP contribution in [0.2, 0.25) is 0 Å². The van der Waals surface area contributed by atoms with E-state index < -0.39 is 0 Å². The molecular formula is C14H19N2O+. The molecule has 3 heteroatoms. The summed E-state index contributed by atoms with van der Waals surface area (Å²) in [6.45, 7) is 1.62. The highest BCUT2D eigenvalue weighted by Crippen LogP contribution is 2.44. The summed E-state index contributed by atoms with van der Waals surface area (Å²) in [6, 6.07) is 6.31. The van der Waals surface area contributed by atoms with Crippen LogP contribution in [0.25, 0.3) is 0 Å². The van der Waals surface area contributed by atoms with Gasteiger partial charge < -0.3 is 0 Å². The van der Waals surface area contributed by atoms with Crippen molar-refractivity contribution in [3.05, 3.63) is 30.1 Å². The van der Waals surface area contributed by atoms with E-state index in [9.17, 15) is 4.79 Å². The third-order valence-electron chi connectivity index (χ3n) is 4.26. The maximum atomic E-state index is 11.5. The van der Waals surface area contributed by atoms with Crippen molar-refractivity contribution in [1.82, 2.24) is 0 Å². The van der Waals surface area contributed by atoms with E-state index in [-0.39, 0.29) is 5.78 Å². The average molecular weight is 231 g/mol. The second kappa shape index (κ2) is 4.13. The topological polar surface area (TPSA) is 33.0 Å². The van der Waals surface area contributed by atoms with E-state index in [1.165, 1.54) is 25.7 Å². The number of fused-ring (bicyclic) bond motifs is 2. The lowest BCUT2D eigenvalue weighted by atomic mass is 9.96. The molecule has 17 heavy (non-hydrogen) atoms. The van der Waals surface area contributed by atoms with Crippen LogP contribution in [0, 0.1) is 11.8 Å². The number of pyridine rings is 1. The summed E-state index contributed by atoms with van der Waals surface area (Å²) in [4.78, 5) is 11.5. The Kier molecular flexibility index (Phi) is 2.61. The molecule has 2 bridgehead atoms. The molecule has 1 aromatic heterocycles. The molecule has 3 unspecified atom stereocenters. The van der Waals surface area contributed by atoms with Gasteiger partial charge in [0.2, 0.25) is 5.78 Å². The first-order chi connectivity index (χ1) is 8.24. The first kappa shape index (κ1) is 10.8. The highest BCUT2D eigenvalue weighted by Gasteiger charge is 2.41. The van der Waals surface area contributed by atoms with Gasteiger partial charge in [0.1, 0.15) is 0 Å². The number of hydrogen-bond donors (Lipinski definition) is 1. The Morgan fingerprint density at radius 2 is 2.24 bits per heavy atom. The van der Waals surface area contributed by atoms with Crippen molar-refractivity contribution in [1.29, 1.82) is 0 Å². The number of nitrogens with one attached hydrogen (secondary N) is 1. The molecule has 90 valence electrons. The number of nitrogens with zero attached hydrogens (tertiary/aromatic N) is 1. The van der Waals surface area contributed by atoms with E-state index in [4.69, 9.17) is 0 Å². The minimum atomic E-state index is 0.112. The van der Waals surface area contributed by atoms with Crippen molar-refractivity contribution in [2.75, 3.05) is 5.43 Å². The predicted octanol–water partition coefficient (Wildman–Crippen LogP) is 1.91. The zero-order chi connectivity index (χ0) is 11.8. The standard InChI is InChI=1S/C14H18N2O/c1-10(17)14-4-2-3-7-16(14)15-13-9-11-5-6-12(13)8-11/h2-4,7,11-13H,5-6,8-9H2,1H3/p+1. The minimum Gasteiger partial charge on any atom is -0.288 e. The largest absolute Gasteiger partial charge is 0.288 e. The second-order valence-corrected chi connectivity index (χ2v) is 5.42. The van der Waals surface area contributed by atoms with Crippen molar-refractivity contribution in [3.8, 4) is 0 Å². The van der Waals surface area contributed by atoms with Gasteiger partial charge in [-0.25, -0.2) is 0 Å². The third kappa shape index (κ3) is 1.94. The number of carbonyl (C=O) groups excluding carboxylic acids is 1. The molecule has 0 spiro atoms. The van der Waals surface area contributed by atoms with Gasteiger partial charge in [0.05, 0.1) is 6.04 Å². The van der Waals surface area contributed by atoms with Gasteiger partial charge in [-0.2, -0.15) is 5.43 Å². The van der Waals surface area contributed by atoms with Crippen LogP contribution >= 0.6 is 0 Å². The molecule has 2 aliphatic carbocycles. The summed E-state index contributed by atoms with van der Waals surface area (Å²) in [5, 5.41) is 0. The third-order valence-corrected chi connectivity index (χ3v) is 4.26. The summed E-state index contributed by atoms with van der Waals surface area (Å²) < 4.78 is 1.91. The van der Waals surface area contributed by atoms with E-state index >= 15 is 0 Å². The number of hydrogen-bond acceptors (Lipinski definition) is 2. The molecule has 1 heterocycles. The van der Waals surface area contributed by atoms with Crippen LogP contribution in [0.3, 0.4) is 0 Å². The van der Waals surface area contributed by atoms with E-state index in [1.807, 2.05) is 29.1 Å². The van der Waals surface area contributed by atoms with Gasteiger partial charge in [-0.15, -0.1) is 0 Å². The van der Waals surface area contributed by atoms with Crippen LogP contribution in [-0.2, 0) is 0 Å². The predicted molar refractivity (Wildman–Crippen MR) is 65.2 cm³/mol. The van der Waals surface area contributed by atoms with Gasteiger partial charge in [0, 0.05) is 19.1 Å². The Labute approximate surface area is 102 Å². The van der Waals surface area contributed by atoms with Gasteiger partial charge in [-0.05, 0) is 37.2 Å². The lowest BCUT2D eigenvalue weighted by molar-refractivity contribution is -0.656. The van der Waals surface area contributed by atoms with Crippen LogP contribution < -0.4 is 10.1 Å². The fourth-order valence-electron chi connectivity index (χ4n) is 3.42. The first-order valence-electron chi connectivity index (χ1n) is 6.52. The Bertz CT molecular complexity index is 444. The van der Waals surface area contributed by atoms with Crippen molar-refractivity contribution in [2.45, 2.75) is 38.6 Å². The van der Waals surface area contributed by atoms with Crippen molar-refractivity contribution >= 4 is 5.78 Å². The van der Waals surface area contributed by atoms with Crippen molar-refractivity contribution in [3.63, 3.8) is 0 Å². The first-order valence-corrected chi connectivity index (χ1v) is 6.52. The molecule has 3 atom stereocenters. The van der Waals surface area contributed by atoms with Gasteiger partial charge >= 0.3 is 0 Å². The van der Waals surface area contributed by atoms with Gasteiger partial charge in [0.15, 0.2) is 6.20 Å². The lowest BCUT2D eigenvalue weighted by Crippen LogP contribution is -2.54. The van der Waals surface area contributed by atoms with Crippen molar-refractivity contribution < 1.29 is 9.47 Å². The molecule has 0 aliphatic heterocycles. The highest BCUT2D eigenvalue weighted by atomic mass is 16.1. The molecule has 2 fully saturated rings. The van der Waals surface area contributed by atoms with Gasteiger partial charge in [-0.3, -0.25) is 4.79 Å². The highest BCUT2D eigenvalue weighted by molar-refractivity contribution is 5.90. The summed E-state index contributed by atoms with van der Waals surface area (Å²) in [5.74, 6) is 1.84. The molecule has 0 amide bonds. The number of Topliss-reactive ketones (excluding diaryl/α,β-unsaturated/α-hetero) is 1. The fraction of sp³-hybridized carbons (Fsp3) is 0.571. The zero-order valence-corrected chi connectivity index (χ0v) is 10.2. The quantitative estimate of drug-likeness (QED) is 0.636. The average Bonchev–Trinajstić information content (AvgIpc) is 2.91. The van der Waals surface area contributed by atoms with E-state index in [0.29, 0.717) is 6.04 Å². The molecule has 3 rings (SSSR count). The number of carbonyl (C=O) groups is 1. The van der Waals surface area contributed by atoms with Crippen molar-refractivity contribution in [2.24, 2.45) is 11.8 Å². The van der Waals surface area contributed by atoms with Crippen LogP contribution in [0.1, 0.15) is 43.1 Å². The summed E-state index contributed by atoms with van der Waals surface area (Å²) >= 11 is 0. The number of aromatic nitrogens is 1. The molecule has 1 aromatic rings. The zero-order valence-electron chi connectivity index (χ0n) is 10.2. The fourth-order valence-corrected chi connectivity index (χ4v) is 3.42. The Balaban J connectivity index is 1.79. The molecule has 2 saturated carbocycles. The minimum absolute atomic E-state index is 0.112. The van der Waals surface area contributed by atoms with Crippen LogP contribution in [0.4, 0.5) is 0 Å². The van der Waals surface area contributed by atoms with Crippen LogP contribution in [0.15, 0.2) is 24.4 Å². The number of rotatable bonds is 3. The molecule has 0 aromatic carbocycles. The lowest BCUT2D eigenvalue weighted by Gasteiger charge is -2.20. The monoisotopic (exact) mass is 231 g/mol. The summed E-state index contributed by atoms with van der Waals surface area (Å²) in [7, 11) is 0. The second-order valence-electron chi connectivity index (χ2n) is 5.42. The molecule has 0 saturated heterocycles. The van der Waals surface area contributed by atoms with Crippen LogP contribution in [0.5, 0.6) is 0 Å². The summed E-state index contributed by atoms with van der Waals surface area (Å²) in [5.41, 5.74) is 4.26. The van der Waals surface area contributed by atoms with Gasteiger partial charge in [0.25, 0.3) is 5.69 Å². The molecule has 0 radical (unpaired) electrons. The van der Waals surface area contributed by atoms with Crippen LogP contribution in [-0.4, -0.2) is 11.8 Å². The molecule has 2 aliphatic rings. The molecule has 3 nitrogen and oxygen atoms in total. The summed E-state index contributed by atoms with van der Waals surface area (Å²) in [6.07, 6.45) is 7.35. The Hall–Kier alpha value is -1.38. The van der Waals surface area contributed by atoms with E-state index in [1.54, 1.807) is 6.92 Å². The SMILES string of the molecule is CC(=O)c1cccc[n+]1NC1CC2CCC1C2. The number of ketones is 1. The smallest absolute Gasteiger partial charge is 0.277 e. The Morgan fingerprint density at radius 1 is 1.35 bits per heavy atom. The Morgan fingerprint density at radius 3 is 2.88 bits per heavy atom. The molecule has 1 N–H and O–H groups in total. The van der Waals surface area contributed by atoms with E-state index in [0.717, 1.165) is 17.5 Å². The van der Waals surface area contributed by atoms with Gasteiger partial charge in [-0.1, -0.05) is 11.1 Å². The maximum Gasteiger partial charge on any atom is 0.277 e. The molecular weight excluding hydrogens is 212 g/mol. The normalized spacial score (nSPS) is 30.5.